The van der Waals surface area contributed by atoms with Crippen molar-refractivity contribution in [1.29, 1.82) is 0 Å². The summed E-state index contributed by atoms with van der Waals surface area (Å²) in [7, 11) is 0. The lowest BCUT2D eigenvalue weighted by Crippen LogP contribution is -2.14. The zero-order valence-corrected chi connectivity index (χ0v) is 12.7. The highest BCUT2D eigenvalue weighted by Gasteiger charge is 2.12. The second-order valence-corrected chi connectivity index (χ2v) is 6.27. The summed E-state index contributed by atoms with van der Waals surface area (Å²) in [6.07, 6.45) is 3.29. The number of carbonyl (C=O) groups excluding carboxylic acids is 1. The van der Waals surface area contributed by atoms with E-state index in [1.807, 2.05) is 18.2 Å². The summed E-state index contributed by atoms with van der Waals surface area (Å²) < 4.78 is 26.5. The molecule has 0 fully saturated rings. The summed E-state index contributed by atoms with van der Waals surface area (Å²) in [6.45, 7) is 0. The first-order valence-corrected chi connectivity index (χ1v) is 8.10. The smallest absolute Gasteiger partial charge is 0.234 e. The van der Waals surface area contributed by atoms with E-state index in [1.165, 1.54) is 11.1 Å². The Morgan fingerprint density at radius 1 is 1.09 bits per heavy atom. The van der Waals surface area contributed by atoms with Crippen LogP contribution in [0.3, 0.4) is 0 Å². The molecule has 1 aliphatic carbocycles. The van der Waals surface area contributed by atoms with Crippen LogP contribution in [-0.2, 0) is 17.6 Å². The number of halogens is 2. The summed E-state index contributed by atoms with van der Waals surface area (Å²) >= 11 is 0.987. The van der Waals surface area contributed by atoms with E-state index in [9.17, 15) is 13.6 Å². The number of carbonyl (C=O) groups is 1. The molecule has 22 heavy (non-hydrogen) atoms. The third-order valence-corrected chi connectivity index (χ3v) is 4.66. The van der Waals surface area contributed by atoms with Crippen molar-refractivity contribution < 1.29 is 13.6 Å². The van der Waals surface area contributed by atoms with Crippen LogP contribution in [0.5, 0.6) is 0 Å². The maximum absolute atomic E-state index is 13.5. The molecule has 3 rings (SSSR count). The number of fused-ring (bicyclic) bond motifs is 1. The monoisotopic (exact) mass is 319 g/mol. The fourth-order valence-electron chi connectivity index (χ4n) is 2.58. The topological polar surface area (TPSA) is 29.1 Å². The van der Waals surface area contributed by atoms with E-state index in [0.717, 1.165) is 54.9 Å². The summed E-state index contributed by atoms with van der Waals surface area (Å²) in [5, 5.41) is 2.80. The van der Waals surface area contributed by atoms with Crippen molar-refractivity contribution in [2.24, 2.45) is 0 Å². The van der Waals surface area contributed by atoms with Crippen LogP contribution in [0.2, 0.25) is 0 Å². The average molecular weight is 319 g/mol. The highest BCUT2D eigenvalue weighted by molar-refractivity contribution is 8.00. The van der Waals surface area contributed by atoms with Crippen molar-refractivity contribution in [3.8, 4) is 0 Å². The molecule has 1 N–H and O–H groups in total. The number of amides is 1. The van der Waals surface area contributed by atoms with Gasteiger partial charge in [-0.15, -0.1) is 11.8 Å². The van der Waals surface area contributed by atoms with E-state index in [2.05, 4.69) is 5.32 Å². The third-order valence-electron chi connectivity index (χ3n) is 3.63. The highest BCUT2D eigenvalue weighted by Crippen LogP contribution is 2.26. The maximum atomic E-state index is 13.5. The van der Waals surface area contributed by atoms with Crippen molar-refractivity contribution in [1.82, 2.24) is 0 Å². The van der Waals surface area contributed by atoms with Crippen LogP contribution in [-0.4, -0.2) is 11.7 Å². The molecule has 0 atom stereocenters. The number of rotatable bonds is 4. The zero-order chi connectivity index (χ0) is 15.5. The quantitative estimate of drug-likeness (QED) is 0.856. The SMILES string of the molecule is O=C(CSc1cc(F)ccc1F)Nc1ccc2c(c1)CCC2. The predicted molar refractivity (Wildman–Crippen MR) is 84.2 cm³/mol. The number of aryl methyl sites for hydroxylation is 2. The predicted octanol–water partition coefficient (Wildman–Crippen LogP) is 4.18. The lowest BCUT2D eigenvalue weighted by atomic mass is 10.1. The molecule has 0 saturated carbocycles. The molecule has 1 aliphatic rings. The lowest BCUT2D eigenvalue weighted by molar-refractivity contribution is -0.113. The molecule has 2 nitrogen and oxygen atoms in total. The number of nitrogens with one attached hydrogen (secondary N) is 1. The molecule has 2 aromatic carbocycles. The molecule has 114 valence electrons. The Kier molecular flexibility index (Phi) is 4.43. The van der Waals surface area contributed by atoms with Gasteiger partial charge >= 0.3 is 0 Å². The number of hydrogen-bond donors (Lipinski definition) is 1. The first-order chi connectivity index (χ1) is 10.6. The van der Waals surface area contributed by atoms with Crippen LogP contribution in [0.1, 0.15) is 17.5 Å². The summed E-state index contributed by atoms with van der Waals surface area (Å²) in [5.41, 5.74) is 3.38. The lowest BCUT2D eigenvalue weighted by Gasteiger charge is -2.08. The van der Waals surface area contributed by atoms with Crippen LogP contribution < -0.4 is 5.32 Å². The molecular weight excluding hydrogens is 304 g/mol. The largest absolute Gasteiger partial charge is 0.325 e. The van der Waals surface area contributed by atoms with Gasteiger partial charge in [0.05, 0.1) is 5.75 Å². The van der Waals surface area contributed by atoms with Gasteiger partial charge in [-0.3, -0.25) is 4.79 Å². The third kappa shape index (κ3) is 3.47. The fourth-order valence-corrected chi connectivity index (χ4v) is 3.34. The van der Waals surface area contributed by atoms with Crippen molar-refractivity contribution in [2.45, 2.75) is 24.2 Å². The normalized spacial score (nSPS) is 13.0. The molecule has 0 aromatic heterocycles. The summed E-state index contributed by atoms with van der Waals surface area (Å²) in [6, 6.07) is 9.14. The van der Waals surface area contributed by atoms with Crippen LogP contribution in [0.4, 0.5) is 14.5 Å². The summed E-state index contributed by atoms with van der Waals surface area (Å²) in [5.74, 6) is -1.22. The van der Waals surface area contributed by atoms with Gasteiger partial charge in [-0.25, -0.2) is 8.78 Å². The Bertz CT molecular complexity index is 718. The molecule has 0 radical (unpaired) electrons. The highest BCUT2D eigenvalue weighted by atomic mass is 32.2. The second-order valence-electron chi connectivity index (χ2n) is 5.25. The molecule has 0 unspecified atom stereocenters. The van der Waals surface area contributed by atoms with Gasteiger partial charge < -0.3 is 5.32 Å². The van der Waals surface area contributed by atoms with Gasteiger partial charge in [0.1, 0.15) is 11.6 Å². The van der Waals surface area contributed by atoms with Crippen LogP contribution in [0.25, 0.3) is 0 Å². The molecule has 5 heteroatoms. The zero-order valence-electron chi connectivity index (χ0n) is 11.9. The Labute approximate surface area is 131 Å². The molecule has 2 aromatic rings. The van der Waals surface area contributed by atoms with Crippen molar-refractivity contribution in [2.75, 3.05) is 11.1 Å². The van der Waals surface area contributed by atoms with Gasteiger partial charge in [0.2, 0.25) is 5.91 Å². The average Bonchev–Trinajstić information content (AvgIpc) is 2.96. The Hall–Kier alpha value is -1.88. The molecule has 0 heterocycles. The minimum absolute atomic E-state index is 0.0391. The van der Waals surface area contributed by atoms with Crippen LogP contribution in [0.15, 0.2) is 41.3 Å². The molecule has 0 aliphatic heterocycles. The molecule has 0 saturated heterocycles. The van der Waals surface area contributed by atoms with E-state index in [4.69, 9.17) is 0 Å². The number of thioether (sulfide) groups is 1. The van der Waals surface area contributed by atoms with Crippen LogP contribution in [0, 0.1) is 11.6 Å². The molecular formula is C17H15F2NOS. The number of benzene rings is 2. The van der Waals surface area contributed by atoms with E-state index in [1.54, 1.807) is 0 Å². The van der Waals surface area contributed by atoms with Crippen LogP contribution >= 0.6 is 11.8 Å². The van der Waals surface area contributed by atoms with Gasteiger partial charge in [-0.05, 0) is 60.7 Å². The fraction of sp³-hybridized carbons (Fsp3) is 0.235. The maximum Gasteiger partial charge on any atom is 0.234 e. The minimum Gasteiger partial charge on any atom is -0.325 e. The van der Waals surface area contributed by atoms with Gasteiger partial charge in [0, 0.05) is 10.6 Å². The number of hydrogen-bond acceptors (Lipinski definition) is 2. The van der Waals surface area contributed by atoms with Gasteiger partial charge in [0.15, 0.2) is 0 Å². The van der Waals surface area contributed by atoms with E-state index >= 15 is 0 Å². The van der Waals surface area contributed by atoms with Gasteiger partial charge in [0.25, 0.3) is 0 Å². The van der Waals surface area contributed by atoms with Crippen molar-refractivity contribution >= 4 is 23.4 Å². The Morgan fingerprint density at radius 2 is 1.91 bits per heavy atom. The number of anilines is 1. The van der Waals surface area contributed by atoms with Gasteiger partial charge in [-0.1, -0.05) is 6.07 Å². The van der Waals surface area contributed by atoms with Crippen molar-refractivity contribution in [3.05, 3.63) is 59.2 Å². The van der Waals surface area contributed by atoms with Crippen molar-refractivity contribution in [3.63, 3.8) is 0 Å². The van der Waals surface area contributed by atoms with E-state index in [-0.39, 0.29) is 16.6 Å². The van der Waals surface area contributed by atoms with E-state index in [0.29, 0.717) is 0 Å². The standard InChI is InChI=1S/C17H15F2NOS/c18-13-5-7-15(19)16(9-13)22-10-17(21)20-14-6-4-11-2-1-3-12(11)8-14/h4-9H,1-3,10H2,(H,20,21). The molecule has 0 bridgehead atoms. The molecule has 1 amide bonds. The second kappa shape index (κ2) is 6.48. The van der Waals surface area contributed by atoms with E-state index < -0.39 is 11.6 Å². The first kappa shape index (κ1) is 15.0. The summed E-state index contributed by atoms with van der Waals surface area (Å²) in [4.78, 5) is 12.1. The Morgan fingerprint density at radius 3 is 2.77 bits per heavy atom. The minimum atomic E-state index is -0.517. The van der Waals surface area contributed by atoms with Gasteiger partial charge in [-0.2, -0.15) is 0 Å². The Balaban J connectivity index is 1.59. The molecule has 0 spiro atoms. The first-order valence-electron chi connectivity index (χ1n) is 7.11.